The Morgan fingerprint density at radius 1 is 1.02 bits per heavy atom. The number of alkyl halides is 2. The third kappa shape index (κ3) is 6.05. The van der Waals surface area contributed by atoms with Crippen LogP contribution in [0.4, 0.5) is 8.78 Å². The summed E-state index contributed by atoms with van der Waals surface area (Å²) in [5.74, 6) is -1.06. The zero-order valence-electron chi connectivity index (χ0n) is 23.5. The maximum atomic E-state index is 13.8. The number of aryl methyl sites for hydroxylation is 3. The average Bonchev–Trinajstić information content (AvgIpc) is 3.51. The van der Waals surface area contributed by atoms with Crippen molar-refractivity contribution in [2.24, 2.45) is 11.8 Å². The number of pyridine rings is 1. The highest BCUT2D eigenvalue weighted by molar-refractivity contribution is 5.81. The molecule has 0 bridgehead atoms. The van der Waals surface area contributed by atoms with Crippen LogP contribution >= 0.6 is 0 Å². The standard InChI is InChI=1S/C31H39F2N5O2/c1-21-29(22(2)40-36-21)26-17-25-4-3-24(15-23-5-7-31(32,33)8-6-23)16-28(30(25)34-18-26)27-19-35-38(20-27)10-9-37-11-13-39-14-12-37/h16-20,23-24H,3-15H2,1-2H3. The molecule has 1 atom stereocenters. The van der Waals surface area contributed by atoms with Gasteiger partial charge in [-0.2, -0.15) is 5.10 Å². The van der Waals surface area contributed by atoms with Crippen LogP contribution in [-0.4, -0.2) is 63.6 Å². The van der Waals surface area contributed by atoms with Gasteiger partial charge in [-0.3, -0.25) is 14.6 Å². The largest absolute Gasteiger partial charge is 0.379 e. The number of morpholine rings is 1. The summed E-state index contributed by atoms with van der Waals surface area (Å²) in [5, 5.41) is 8.84. The lowest BCUT2D eigenvalue weighted by atomic mass is 9.80. The van der Waals surface area contributed by atoms with Crippen LogP contribution in [0.15, 0.2) is 35.3 Å². The first kappa shape index (κ1) is 27.3. The van der Waals surface area contributed by atoms with Crippen molar-refractivity contribution in [1.29, 1.82) is 0 Å². The summed E-state index contributed by atoms with van der Waals surface area (Å²) in [4.78, 5) is 7.42. The number of hydrogen-bond acceptors (Lipinski definition) is 6. The van der Waals surface area contributed by atoms with Gasteiger partial charge < -0.3 is 9.26 Å². The normalized spacial score (nSPS) is 22.1. The molecule has 1 aliphatic heterocycles. The van der Waals surface area contributed by atoms with Gasteiger partial charge in [-0.05, 0) is 69.4 Å². The van der Waals surface area contributed by atoms with Gasteiger partial charge in [-0.25, -0.2) is 8.78 Å². The molecule has 6 rings (SSSR count). The van der Waals surface area contributed by atoms with Crippen molar-refractivity contribution < 1.29 is 18.0 Å². The molecule has 9 heteroatoms. The lowest BCUT2D eigenvalue weighted by Crippen LogP contribution is -2.38. The van der Waals surface area contributed by atoms with Crippen LogP contribution in [0.5, 0.6) is 0 Å². The van der Waals surface area contributed by atoms with Gasteiger partial charge in [0.1, 0.15) is 5.76 Å². The van der Waals surface area contributed by atoms with E-state index in [-0.39, 0.29) is 12.8 Å². The number of rotatable bonds is 7. The van der Waals surface area contributed by atoms with Crippen molar-refractivity contribution >= 4 is 5.57 Å². The zero-order valence-corrected chi connectivity index (χ0v) is 23.5. The van der Waals surface area contributed by atoms with Crippen LogP contribution in [0.3, 0.4) is 0 Å². The fourth-order valence-corrected chi connectivity index (χ4v) is 6.59. The minimum Gasteiger partial charge on any atom is -0.379 e. The van der Waals surface area contributed by atoms with Crippen molar-refractivity contribution in [3.63, 3.8) is 0 Å². The second-order valence-corrected chi connectivity index (χ2v) is 11.8. The summed E-state index contributed by atoms with van der Waals surface area (Å²) < 4.78 is 40.6. The summed E-state index contributed by atoms with van der Waals surface area (Å²) in [6, 6.07) is 2.23. The summed E-state index contributed by atoms with van der Waals surface area (Å²) in [7, 11) is 0. The van der Waals surface area contributed by atoms with Gasteiger partial charge in [0.25, 0.3) is 0 Å². The van der Waals surface area contributed by atoms with E-state index in [2.05, 4.69) is 28.4 Å². The number of hydrogen-bond donors (Lipinski definition) is 0. The number of allylic oxidation sites excluding steroid dienone is 1. The van der Waals surface area contributed by atoms with Crippen molar-refractivity contribution in [2.75, 3.05) is 32.8 Å². The van der Waals surface area contributed by atoms with Gasteiger partial charge in [0, 0.05) is 67.1 Å². The molecule has 1 saturated carbocycles. The molecular weight excluding hydrogens is 512 g/mol. The average molecular weight is 552 g/mol. The van der Waals surface area contributed by atoms with E-state index < -0.39 is 5.92 Å². The first-order valence-corrected chi connectivity index (χ1v) is 14.7. The lowest BCUT2D eigenvalue weighted by molar-refractivity contribution is -0.0475. The molecule has 0 spiro atoms. The van der Waals surface area contributed by atoms with Crippen LogP contribution in [0, 0.1) is 25.7 Å². The molecule has 2 fully saturated rings. The summed E-state index contributed by atoms with van der Waals surface area (Å²) in [6.45, 7) is 9.13. The van der Waals surface area contributed by atoms with Gasteiger partial charge >= 0.3 is 0 Å². The molecule has 0 amide bonds. The zero-order chi connectivity index (χ0) is 27.7. The first-order valence-electron chi connectivity index (χ1n) is 14.7. The molecule has 3 aromatic heterocycles. The van der Waals surface area contributed by atoms with Crippen LogP contribution in [0.1, 0.15) is 66.8 Å². The van der Waals surface area contributed by atoms with E-state index in [1.165, 1.54) is 5.56 Å². The first-order chi connectivity index (χ1) is 19.3. The molecule has 214 valence electrons. The van der Waals surface area contributed by atoms with Gasteiger partial charge in [-0.15, -0.1) is 0 Å². The Morgan fingerprint density at radius 2 is 1.82 bits per heavy atom. The highest BCUT2D eigenvalue weighted by Crippen LogP contribution is 2.41. The Labute approximate surface area is 234 Å². The molecule has 0 radical (unpaired) electrons. The number of fused-ring (bicyclic) bond motifs is 1. The Hall–Kier alpha value is -2.91. The number of halogens is 2. The van der Waals surface area contributed by atoms with Gasteiger partial charge in [-0.1, -0.05) is 11.2 Å². The number of aromatic nitrogens is 4. The van der Waals surface area contributed by atoms with Crippen LogP contribution in [-0.2, 0) is 17.7 Å². The van der Waals surface area contributed by atoms with Gasteiger partial charge in [0.15, 0.2) is 0 Å². The van der Waals surface area contributed by atoms with E-state index in [0.717, 1.165) is 98.1 Å². The maximum absolute atomic E-state index is 13.8. The quantitative estimate of drug-likeness (QED) is 0.354. The second-order valence-electron chi connectivity index (χ2n) is 11.8. The second kappa shape index (κ2) is 11.5. The predicted octanol–water partition coefficient (Wildman–Crippen LogP) is 6.09. The fraction of sp³-hybridized carbons (Fsp3) is 0.581. The monoisotopic (exact) mass is 551 g/mol. The summed E-state index contributed by atoms with van der Waals surface area (Å²) in [5.41, 5.74) is 7.22. The Balaban J connectivity index is 1.27. The smallest absolute Gasteiger partial charge is 0.248 e. The Bertz CT molecular complexity index is 1330. The van der Waals surface area contributed by atoms with Crippen molar-refractivity contribution in [2.45, 2.75) is 71.3 Å². The van der Waals surface area contributed by atoms with E-state index in [4.69, 9.17) is 19.3 Å². The predicted molar refractivity (Wildman–Crippen MR) is 149 cm³/mol. The molecule has 4 heterocycles. The molecule has 0 aromatic carbocycles. The summed E-state index contributed by atoms with van der Waals surface area (Å²) in [6.07, 6.45) is 12.4. The van der Waals surface area contributed by atoms with E-state index >= 15 is 0 Å². The van der Waals surface area contributed by atoms with Crippen LogP contribution < -0.4 is 0 Å². The molecular formula is C31H39F2N5O2. The third-order valence-electron chi connectivity index (χ3n) is 8.90. The molecule has 40 heavy (non-hydrogen) atoms. The number of ether oxygens (including phenoxy) is 1. The SMILES string of the molecule is Cc1noc(C)c1-c1cnc2c(c1)CCC(CC1CCC(F)(F)CC1)C=C2c1cnn(CCN2CCOCC2)c1. The molecule has 3 aliphatic rings. The van der Waals surface area contributed by atoms with Crippen molar-refractivity contribution in [1.82, 2.24) is 24.8 Å². The van der Waals surface area contributed by atoms with Crippen LogP contribution in [0.25, 0.3) is 16.7 Å². The Morgan fingerprint density at radius 3 is 2.58 bits per heavy atom. The minimum absolute atomic E-state index is 0.0133. The van der Waals surface area contributed by atoms with Crippen LogP contribution in [0.2, 0.25) is 0 Å². The fourth-order valence-electron chi connectivity index (χ4n) is 6.59. The molecule has 0 N–H and O–H groups in total. The lowest BCUT2D eigenvalue weighted by Gasteiger charge is -2.30. The van der Waals surface area contributed by atoms with Crippen molar-refractivity contribution in [3.8, 4) is 11.1 Å². The molecule has 1 unspecified atom stereocenters. The van der Waals surface area contributed by atoms with E-state index in [0.29, 0.717) is 24.7 Å². The van der Waals surface area contributed by atoms with Gasteiger partial charge in [0.2, 0.25) is 5.92 Å². The molecule has 3 aromatic rings. The van der Waals surface area contributed by atoms with E-state index in [1.807, 2.05) is 30.9 Å². The Kier molecular flexibility index (Phi) is 7.86. The minimum atomic E-state index is -2.49. The number of nitrogens with zero attached hydrogens (tertiary/aromatic N) is 5. The van der Waals surface area contributed by atoms with Gasteiger partial charge in [0.05, 0.1) is 37.3 Å². The van der Waals surface area contributed by atoms with E-state index in [1.54, 1.807) is 0 Å². The highest BCUT2D eigenvalue weighted by atomic mass is 19.3. The molecule has 2 aliphatic carbocycles. The molecule has 1 saturated heterocycles. The van der Waals surface area contributed by atoms with E-state index in [9.17, 15) is 8.78 Å². The maximum Gasteiger partial charge on any atom is 0.248 e. The third-order valence-corrected chi connectivity index (χ3v) is 8.90. The summed E-state index contributed by atoms with van der Waals surface area (Å²) >= 11 is 0. The van der Waals surface area contributed by atoms with Crippen molar-refractivity contribution in [3.05, 3.63) is 59.0 Å². The molecule has 7 nitrogen and oxygen atoms in total. The highest BCUT2D eigenvalue weighted by Gasteiger charge is 2.35. The topological polar surface area (TPSA) is 69.2 Å².